The Morgan fingerprint density at radius 3 is 2.08 bits per heavy atom. The maximum atomic E-state index is 9.70. The van der Waals surface area contributed by atoms with Crippen molar-refractivity contribution in [2.45, 2.75) is 52.7 Å². The quantitative estimate of drug-likeness (QED) is 0.674. The molecule has 0 aromatic carbocycles. The van der Waals surface area contributed by atoms with Crippen LogP contribution in [0.4, 0.5) is 0 Å². The minimum absolute atomic E-state index is 0.0371. The van der Waals surface area contributed by atoms with Gasteiger partial charge in [-0.1, -0.05) is 13.8 Å². The number of likely N-dealkylation sites (tertiary alicyclic amines) is 1. The van der Waals surface area contributed by atoms with Crippen LogP contribution in [0.1, 0.15) is 40.5 Å². The summed E-state index contributed by atoms with van der Waals surface area (Å²) in [5.74, 6) is 0. The highest BCUT2D eigenvalue weighted by molar-refractivity contribution is 5.06. The Balaban J connectivity index is 0.000000396. The molecule has 2 aliphatic rings. The Kier molecular flexibility index (Phi) is 3.36. The molecule has 2 fully saturated rings. The zero-order valence-electron chi connectivity index (χ0n) is 9.38. The third kappa shape index (κ3) is 2.05. The first-order valence-electron chi connectivity index (χ1n) is 5.56. The second-order valence-corrected chi connectivity index (χ2v) is 4.40. The predicted molar refractivity (Wildman–Crippen MR) is 55.7 cm³/mol. The lowest BCUT2D eigenvalue weighted by Gasteiger charge is -2.19. The number of rotatable bonds is 1. The van der Waals surface area contributed by atoms with Crippen molar-refractivity contribution in [3.63, 3.8) is 0 Å². The van der Waals surface area contributed by atoms with Crippen LogP contribution in [0.2, 0.25) is 0 Å². The molecule has 2 rings (SSSR count). The van der Waals surface area contributed by atoms with Crippen molar-refractivity contribution < 1.29 is 5.11 Å². The first-order chi connectivity index (χ1) is 6.14. The molecule has 0 aromatic heterocycles. The lowest BCUT2D eigenvalue weighted by Crippen LogP contribution is -2.29. The molecule has 0 aromatic rings. The normalized spacial score (nSPS) is 30.5. The molecule has 1 saturated heterocycles. The topological polar surface area (TPSA) is 23.5 Å². The van der Waals surface area contributed by atoms with Gasteiger partial charge in [-0.3, -0.25) is 4.90 Å². The monoisotopic (exact) mass is 185 g/mol. The molecular formula is C11H23NO. The highest BCUT2D eigenvalue weighted by atomic mass is 16.3. The molecule has 2 heteroatoms. The molecule has 13 heavy (non-hydrogen) atoms. The highest BCUT2D eigenvalue weighted by Gasteiger charge is 2.54. The van der Waals surface area contributed by atoms with Crippen molar-refractivity contribution in [2.24, 2.45) is 5.41 Å². The third-order valence-corrected chi connectivity index (χ3v) is 3.25. The Bertz CT molecular complexity index is 163. The summed E-state index contributed by atoms with van der Waals surface area (Å²) in [7, 11) is 0. The lowest BCUT2D eigenvalue weighted by molar-refractivity contribution is 0.129. The van der Waals surface area contributed by atoms with E-state index in [9.17, 15) is 5.11 Å². The summed E-state index contributed by atoms with van der Waals surface area (Å²) < 4.78 is 0. The van der Waals surface area contributed by atoms with Crippen molar-refractivity contribution in [3.05, 3.63) is 0 Å². The maximum Gasteiger partial charge on any atom is 0.0735 e. The molecule has 0 bridgehead atoms. The summed E-state index contributed by atoms with van der Waals surface area (Å²) in [6.07, 6.45) is 2.46. The maximum absolute atomic E-state index is 9.70. The molecule has 1 saturated carbocycles. The molecule has 2 nitrogen and oxygen atoms in total. The van der Waals surface area contributed by atoms with Crippen LogP contribution in [0.5, 0.6) is 0 Å². The van der Waals surface area contributed by atoms with E-state index in [0.29, 0.717) is 11.5 Å². The van der Waals surface area contributed by atoms with E-state index in [1.165, 1.54) is 12.8 Å². The van der Waals surface area contributed by atoms with Gasteiger partial charge < -0.3 is 5.11 Å². The molecule has 1 N–H and O–H groups in total. The summed E-state index contributed by atoms with van der Waals surface area (Å²) in [5, 5.41) is 9.70. The van der Waals surface area contributed by atoms with Crippen LogP contribution in [0.25, 0.3) is 0 Å². The third-order valence-electron chi connectivity index (χ3n) is 3.25. The first-order valence-corrected chi connectivity index (χ1v) is 5.56. The van der Waals surface area contributed by atoms with Gasteiger partial charge in [-0.2, -0.15) is 0 Å². The van der Waals surface area contributed by atoms with Crippen molar-refractivity contribution in [3.8, 4) is 0 Å². The van der Waals surface area contributed by atoms with E-state index in [1.807, 2.05) is 13.8 Å². The summed E-state index contributed by atoms with van der Waals surface area (Å²) in [6, 6.07) is 0.602. The van der Waals surface area contributed by atoms with E-state index in [-0.39, 0.29) is 6.10 Å². The van der Waals surface area contributed by atoms with Crippen LogP contribution < -0.4 is 0 Å². The molecule has 0 amide bonds. The van der Waals surface area contributed by atoms with Crippen LogP contribution in [0.15, 0.2) is 0 Å². The Hall–Kier alpha value is -0.0800. The number of hydrogen-bond acceptors (Lipinski definition) is 2. The molecule has 1 heterocycles. The fourth-order valence-corrected chi connectivity index (χ4v) is 2.04. The SMILES string of the molecule is CC.CC(C)N1CC(O)C2(CC2)C1. The lowest BCUT2D eigenvalue weighted by atomic mass is 10.0. The van der Waals surface area contributed by atoms with Gasteiger partial charge in [0.15, 0.2) is 0 Å². The molecule has 0 radical (unpaired) electrons. The van der Waals surface area contributed by atoms with Gasteiger partial charge in [0.2, 0.25) is 0 Å². The van der Waals surface area contributed by atoms with Gasteiger partial charge in [0.05, 0.1) is 6.10 Å². The molecule has 1 aliphatic carbocycles. The zero-order valence-corrected chi connectivity index (χ0v) is 9.38. The van der Waals surface area contributed by atoms with Gasteiger partial charge in [-0.25, -0.2) is 0 Å². The number of hydrogen-bond donors (Lipinski definition) is 1. The summed E-state index contributed by atoms with van der Waals surface area (Å²) in [5.41, 5.74) is 0.338. The van der Waals surface area contributed by atoms with E-state index >= 15 is 0 Å². The second-order valence-electron chi connectivity index (χ2n) is 4.40. The smallest absolute Gasteiger partial charge is 0.0735 e. The Morgan fingerprint density at radius 1 is 1.31 bits per heavy atom. The summed E-state index contributed by atoms with van der Waals surface area (Å²) in [4.78, 5) is 2.39. The van der Waals surface area contributed by atoms with Crippen LogP contribution in [-0.4, -0.2) is 35.2 Å². The first kappa shape index (κ1) is 11.0. The van der Waals surface area contributed by atoms with Gasteiger partial charge in [0.25, 0.3) is 0 Å². The minimum Gasteiger partial charge on any atom is -0.391 e. The molecule has 1 atom stereocenters. The number of β-amino-alcohol motifs (C(OH)–C–C–N with tert-alkyl or cyclic N) is 1. The van der Waals surface area contributed by atoms with E-state index in [0.717, 1.165) is 13.1 Å². The Labute approximate surface area is 81.9 Å². The average molecular weight is 185 g/mol. The van der Waals surface area contributed by atoms with Crippen molar-refractivity contribution >= 4 is 0 Å². The van der Waals surface area contributed by atoms with Crippen molar-refractivity contribution in [2.75, 3.05) is 13.1 Å². The van der Waals surface area contributed by atoms with E-state index in [1.54, 1.807) is 0 Å². The van der Waals surface area contributed by atoms with Gasteiger partial charge in [0.1, 0.15) is 0 Å². The van der Waals surface area contributed by atoms with Gasteiger partial charge >= 0.3 is 0 Å². The standard InChI is InChI=1S/C9H17NO.C2H6/c1-7(2)10-5-8(11)9(6-10)3-4-9;1-2/h7-8,11H,3-6H2,1-2H3;1-2H3. The molecular weight excluding hydrogens is 162 g/mol. The Morgan fingerprint density at radius 2 is 1.85 bits per heavy atom. The minimum atomic E-state index is -0.0371. The van der Waals surface area contributed by atoms with Crippen LogP contribution in [0.3, 0.4) is 0 Å². The van der Waals surface area contributed by atoms with Gasteiger partial charge in [-0.05, 0) is 26.7 Å². The molecule has 78 valence electrons. The van der Waals surface area contributed by atoms with Crippen LogP contribution >= 0.6 is 0 Å². The summed E-state index contributed by atoms with van der Waals surface area (Å²) in [6.45, 7) is 10.4. The number of aliphatic hydroxyl groups excluding tert-OH is 1. The highest BCUT2D eigenvalue weighted by Crippen LogP contribution is 2.52. The predicted octanol–water partition coefficient (Wildman–Crippen LogP) is 1.88. The van der Waals surface area contributed by atoms with Crippen molar-refractivity contribution in [1.82, 2.24) is 4.90 Å². The van der Waals surface area contributed by atoms with Crippen LogP contribution in [0, 0.1) is 5.41 Å². The molecule has 1 spiro atoms. The van der Waals surface area contributed by atoms with E-state index < -0.39 is 0 Å². The fourth-order valence-electron chi connectivity index (χ4n) is 2.04. The van der Waals surface area contributed by atoms with Gasteiger partial charge in [-0.15, -0.1) is 0 Å². The average Bonchev–Trinajstić information content (AvgIpc) is 2.80. The largest absolute Gasteiger partial charge is 0.391 e. The van der Waals surface area contributed by atoms with Crippen LogP contribution in [-0.2, 0) is 0 Å². The molecule has 1 unspecified atom stereocenters. The van der Waals surface area contributed by atoms with E-state index in [4.69, 9.17) is 0 Å². The van der Waals surface area contributed by atoms with Gasteiger partial charge in [0, 0.05) is 24.5 Å². The molecule has 1 aliphatic heterocycles. The zero-order chi connectivity index (χ0) is 10.1. The van der Waals surface area contributed by atoms with Crippen molar-refractivity contribution in [1.29, 1.82) is 0 Å². The summed E-state index contributed by atoms with van der Waals surface area (Å²) >= 11 is 0. The number of aliphatic hydroxyl groups is 1. The van der Waals surface area contributed by atoms with E-state index in [2.05, 4.69) is 18.7 Å². The second kappa shape index (κ2) is 3.97. The number of nitrogens with zero attached hydrogens (tertiary/aromatic N) is 1. The fraction of sp³-hybridized carbons (Fsp3) is 1.00.